The molecule has 0 radical (unpaired) electrons. The van der Waals surface area contributed by atoms with Gasteiger partial charge in [-0.15, -0.1) is 0 Å². The van der Waals surface area contributed by atoms with Crippen LogP contribution in [0.4, 0.5) is 20.2 Å². The van der Waals surface area contributed by atoms with Crippen molar-refractivity contribution in [1.82, 2.24) is 0 Å². The lowest BCUT2D eigenvalue weighted by molar-refractivity contribution is 0.509. The zero-order valence-corrected chi connectivity index (χ0v) is 23.6. The second kappa shape index (κ2) is 8.72. The average Bonchev–Trinajstić information content (AvgIpc) is 2.83. The van der Waals surface area contributed by atoms with Crippen molar-refractivity contribution in [1.29, 1.82) is 0 Å². The van der Waals surface area contributed by atoms with E-state index in [1.165, 1.54) is 12.1 Å². The highest BCUT2D eigenvalue weighted by Gasteiger charge is 2.41. The maximum atomic E-state index is 14.3. The minimum Gasteiger partial charge on any atom is -0.348 e. The molecule has 0 bridgehead atoms. The molecule has 0 N–H and O–H groups in total. The van der Waals surface area contributed by atoms with Crippen LogP contribution in [0.1, 0.15) is 83.1 Å². The van der Waals surface area contributed by atoms with Gasteiger partial charge >= 0.3 is 0 Å². The van der Waals surface area contributed by atoms with Crippen LogP contribution in [-0.4, -0.2) is 39.9 Å². The Bertz CT molecular complexity index is 690. The molecule has 178 valence electrons. The zero-order valence-electron chi connectivity index (χ0n) is 21.8. The van der Waals surface area contributed by atoms with E-state index < -0.39 is 27.5 Å². The van der Waals surface area contributed by atoms with E-state index in [1.54, 1.807) is 0 Å². The van der Waals surface area contributed by atoms with Crippen molar-refractivity contribution in [2.75, 3.05) is 29.0 Å². The molecule has 2 rings (SSSR count). The SMILES string of the molecule is CC(C)(C)P(CN1CN(CP(C(C)(C)C)C(C)(C)C)c2cc(F)c(F)cc21)C(C)(C)C. The highest BCUT2D eigenvalue weighted by Crippen LogP contribution is 2.62. The van der Waals surface area contributed by atoms with Crippen molar-refractivity contribution in [2.45, 2.75) is 104 Å². The molecule has 0 atom stereocenters. The molecule has 0 saturated carbocycles. The number of rotatable bonds is 4. The van der Waals surface area contributed by atoms with E-state index in [0.29, 0.717) is 6.67 Å². The summed E-state index contributed by atoms with van der Waals surface area (Å²) in [6, 6.07) is 2.83. The molecule has 0 fully saturated rings. The summed E-state index contributed by atoms with van der Waals surface area (Å²) < 4.78 is 28.6. The Morgan fingerprint density at radius 3 is 1.10 bits per heavy atom. The monoisotopic (exact) mass is 472 g/mol. The highest BCUT2D eigenvalue weighted by atomic mass is 31.1. The normalized spacial score (nSPS) is 16.0. The predicted molar refractivity (Wildman–Crippen MR) is 139 cm³/mol. The quantitative estimate of drug-likeness (QED) is 0.405. The van der Waals surface area contributed by atoms with Crippen molar-refractivity contribution in [2.24, 2.45) is 0 Å². The van der Waals surface area contributed by atoms with E-state index in [9.17, 15) is 8.78 Å². The van der Waals surface area contributed by atoms with Gasteiger partial charge in [0.15, 0.2) is 11.6 Å². The summed E-state index contributed by atoms with van der Waals surface area (Å²) in [5, 5.41) is 0.679. The van der Waals surface area contributed by atoms with E-state index in [-0.39, 0.29) is 20.6 Å². The predicted octanol–water partition coefficient (Wildman–Crippen LogP) is 8.62. The molecule has 31 heavy (non-hydrogen) atoms. The molecule has 1 aromatic rings. The average molecular weight is 473 g/mol. The molecule has 0 aromatic heterocycles. The van der Waals surface area contributed by atoms with Crippen molar-refractivity contribution in [3.8, 4) is 0 Å². The van der Waals surface area contributed by atoms with E-state index in [1.807, 2.05) is 0 Å². The second-order valence-electron chi connectivity index (χ2n) is 12.8. The summed E-state index contributed by atoms with van der Waals surface area (Å²) in [5.41, 5.74) is 1.69. The molecule has 0 spiro atoms. The van der Waals surface area contributed by atoms with Crippen LogP contribution in [0.25, 0.3) is 0 Å². The number of fused-ring (bicyclic) bond motifs is 1. The first-order chi connectivity index (χ1) is 13.7. The second-order valence-corrected chi connectivity index (χ2v) is 20.4. The van der Waals surface area contributed by atoms with E-state index in [4.69, 9.17) is 0 Å². The summed E-state index contributed by atoms with van der Waals surface area (Å²) in [4.78, 5) is 4.61. The number of halogens is 2. The molecule has 1 heterocycles. The van der Waals surface area contributed by atoms with Crippen molar-refractivity contribution in [3.63, 3.8) is 0 Å². The fourth-order valence-electron chi connectivity index (χ4n) is 4.84. The Hall–Kier alpha value is -0.460. The molecular formula is C25H44F2N2P2. The fourth-order valence-corrected chi connectivity index (χ4v) is 11.7. The fraction of sp³-hybridized carbons (Fsp3) is 0.760. The first kappa shape index (κ1) is 26.8. The maximum Gasteiger partial charge on any atom is 0.161 e. The third kappa shape index (κ3) is 6.32. The van der Waals surface area contributed by atoms with E-state index in [2.05, 4.69) is 92.9 Å². The minimum absolute atomic E-state index is 0.170. The Balaban J connectivity index is 2.47. The van der Waals surface area contributed by atoms with Crippen molar-refractivity contribution in [3.05, 3.63) is 23.8 Å². The van der Waals surface area contributed by atoms with Crippen LogP contribution in [0.3, 0.4) is 0 Å². The Labute approximate surface area is 192 Å². The maximum absolute atomic E-state index is 14.3. The van der Waals surface area contributed by atoms with E-state index in [0.717, 1.165) is 23.9 Å². The van der Waals surface area contributed by atoms with Gasteiger partial charge in [-0.3, -0.25) is 0 Å². The first-order valence-electron chi connectivity index (χ1n) is 11.3. The van der Waals surface area contributed by atoms with Gasteiger partial charge in [-0.2, -0.15) is 0 Å². The molecule has 0 saturated heterocycles. The Morgan fingerprint density at radius 1 is 0.613 bits per heavy atom. The summed E-state index contributed by atoms with van der Waals surface area (Å²) in [5.74, 6) is -1.51. The lowest BCUT2D eigenvalue weighted by atomic mass is 10.2. The third-order valence-corrected chi connectivity index (χ3v) is 13.6. The minimum atomic E-state index is -0.754. The van der Waals surface area contributed by atoms with Gasteiger partial charge in [0.05, 0.1) is 18.0 Å². The number of benzene rings is 1. The third-order valence-electron chi connectivity index (χ3n) is 5.90. The van der Waals surface area contributed by atoms with Gasteiger partial charge in [-0.25, -0.2) is 8.78 Å². The molecule has 2 nitrogen and oxygen atoms in total. The first-order valence-corrected chi connectivity index (χ1v) is 14.3. The summed E-state index contributed by atoms with van der Waals surface area (Å²) in [7, 11) is -0.783. The molecule has 0 aliphatic carbocycles. The van der Waals surface area contributed by atoms with Crippen LogP contribution in [0.5, 0.6) is 0 Å². The summed E-state index contributed by atoms with van der Waals surface area (Å²) in [6.07, 6.45) is 1.78. The number of anilines is 2. The van der Waals surface area contributed by atoms with Gasteiger partial charge in [-0.1, -0.05) is 98.9 Å². The molecule has 6 heteroatoms. The van der Waals surface area contributed by atoms with Gasteiger partial charge in [0.1, 0.15) is 0 Å². The molecule has 1 aliphatic rings. The Morgan fingerprint density at radius 2 is 0.871 bits per heavy atom. The van der Waals surface area contributed by atoms with Gasteiger partial charge in [-0.05, 0) is 20.6 Å². The molecule has 0 amide bonds. The largest absolute Gasteiger partial charge is 0.348 e. The van der Waals surface area contributed by atoms with E-state index >= 15 is 0 Å². The lowest BCUT2D eigenvalue weighted by Crippen LogP contribution is -2.38. The number of hydrogen-bond donors (Lipinski definition) is 0. The van der Waals surface area contributed by atoms with Crippen LogP contribution in [0, 0.1) is 11.6 Å². The summed E-state index contributed by atoms with van der Waals surface area (Å²) >= 11 is 0. The van der Waals surface area contributed by atoms with Crippen LogP contribution >= 0.6 is 15.8 Å². The van der Waals surface area contributed by atoms with Crippen LogP contribution in [-0.2, 0) is 0 Å². The van der Waals surface area contributed by atoms with Gasteiger partial charge in [0, 0.05) is 24.7 Å². The van der Waals surface area contributed by atoms with Crippen LogP contribution in [0.15, 0.2) is 12.1 Å². The smallest absolute Gasteiger partial charge is 0.161 e. The summed E-state index contributed by atoms with van der Waals surface area (Å²) in [6.45, 7) is 28.4. The zero-order chi connectivity index (χ0) is 24.2. The van der Waals surface area contributed by atoms with Crippen LogP contribution in [0.2, 0.25) is 0 Å². The van der Waals surface area contributed by atoms with Crippen molar-refractivity contribution >= 4 is 27.2 Å². The molecule has 0 unspecified atom stereocenters. The molecular weight excluding hydrogens is 428 g/mol. The van der Waals surface area contributed by atoms with Crippen LogP contribution < -0.4 is 9.80 Å². The van der Waals surface area contributed by atoms with Gasteiger partial charge in [0.25, 0.3) is 0 Å². The molecule has 1 aliphatic heterocycles. The number of hydrogen-bond acceptors (Lipinski definition) is 2. The molecule has 1 aromatic carbocycles. The Kier molecular flexibility index (Phi) is 7.53. The topological polar surface area (TPSA) is 6.48 Å². The highest BCUT2D eigenvalue weighted by molar-refractivity contribution is 7.61. The lowest BCUT2D eigenvalue weighted by Gasteiger charge is -2.45. The van der Waals surface area contributed by atoms with Gasteiger partial charge < -0.3 is 9.80 Å². The van der Waals surface area contributed by atoms with Crippen molar-refractivity contribution < 1.29 is 8.78 Å². The number of nitrogens with zero attached hydrogens (tertiary/aromatic N) is 2. The van der Waals surface area contributed by atoms with Gasteiger partial charge in [0.2, 0.25) is 0 Å². The standard InChI is InChI=1S/C25H44F2N2P2/c1-22(2,3)30(23(4,5)6)16-28-15-29(17-31(24(7,8)9)25(10,11)12)21-14-19(27)18(26)13-20(21)28/h13-14H,15-17H2,1-12H3.